The summed E-state index contributed by atoms with van der Waals surface area (Å²) in [6.07, 6.45) is 3.12. The van der Waals surface area contributed by atoms with Crippen LogP contribution in [0.5, 0.6) is 0 Å². The normalized spacial score (nSPS) is 12.7. The van der Waals surface area contributed by atoms with Crippen LogP contribution in [0.25, 0.3) is 0 Å². The zero-order valence-corrected chi connectivity index (χ0v) is 12.9. The quantitative estimate of drug-likeness (QED) is 0.706. The van der Waals surface area contributed by atoms with Crippen LogP contribution in [0.2, 0.25) is 0 Å². The first-order chi connectivity index (χ1) is 9.63. The van der Waals surface area contributed by atoms with Crippen molar-refractivity contribution in [1.29, 1.82) is 0 Å². The molecule has 0 heterocycles. The maximum atomic E-state index is 12.5. The summed E-state index contributed by atoms with van der Waals surface area (Å²) in [7, 11) is 0. The predicted molar refractivity (Wildman–Crippen MR) is 83.2 cm³/mol. The fraction of sp³-hybridized carbons (Fsp3) is 0.588. The molecule has 1 aromatic rings. The van der Waals surface area contributed by atoms with Gasteiger partial charge in [-0.05, 0) is 31.9 Å². The van der Waals surface area contributed by atoms with Crippen molar-refractivity contribution in [3.8, 4) is 0 Å². The summed E-state index contributed by atoms with van der Waals surface area (Å²) in [5, 5.41) is 9.15. The number of benzene rings is 1. The molecule has 0 radical (unpaired) electrons. The van der Waals surface area contributed by atoms with Crippen LogP contribution in [0.15, 0.2) is 24.3 Å². The molecule has 0 saturated carbocycles. The maximum Gasteiger partial charge on any atom is 0.179 e. The average molecular weight is 277 g/mol. The predicted octanol–water partition coefficient (Wildman–Crippen LogP) is 2.91. The van der Waals surface area contributed by atoms with Gasteiger partial charge in [0.2, 0.25) is 0 Å². The lowest BCUT2D eigenvalue weighted by molar-refractivity contribution is 0.0805. The van der Waals surface area contributed by atoms with Crippen LogP contribution in [0.1, 0.15) is 49.5 Å². The summed E-state index contributed by atoms with van der Waals surface area (Å²) in [6.45, 7) is 7.68. The molecule has 20 heavy (non-hydrogen) atoms. The van der Waals surface area contributed by atoms with E-state index >= 15 is 0 Å². The van der Waals surface area contributed by atoms with Crippen LogP contribution in [0.3, 0.4) is 0 Å². The number of carbonyl (C=O) groups excluding carboxylic acids is 1. The molecule has 0 bridgehead atoms. The number of carbonyl (C=O) groups is 1. The largest absolute Gasteiger partial charge is 0.395 e. The average Bonchev–Trinajstić information content (AvgIpc) is 2.50. The van der Waals surface area contributed by atoms with Gasteiger partial charge in [0.05, 0.1) is 12.6 Å². The van der Waals surface area contributed by atoms with E-state index in [9.17, 15) is 4.79 Å². The molecular weight excluding hydrogens is 250 g/mol. The third-order valence-electron chi connectivity index (χ3n) is 3.76. The number of rotatable bonds is 9. The zero-order valence-electron chi connectivity index (χ0n) is 12.9. The molecule has 1 unspecified atom stereocenters. The fourth-order valence-electron chi connectivity index (χ4n) is 2.30. The van der Waals surface area contributed by atoms with Crippen LogP contribution in [-0.4, -0.2) is 41.5 Å². The van der Waals surface area contributed by atoms with Crippen LogP contribution in [0.4, 0.5) is 0 Å². The van der Waals surface area contributed by atoms with Gasteiger partial charge in [-0.2, -0.15) is 0 Å². The Morgan fingerprint density at radius 2 is 1.85 bits per heavy atom. The fourth-order valence-corrected chi connectivity index (χ4v) is 2.30. The number of hydrogen-bond donors (Lipinski definition) is 1. The third kappa shape index (κ3) is 4.73. The minimum atomic E-state index is -0.179. The van der Waals surface area contributed by atoms with Gasteiger partial charge in [0, 0.05) is 12.1 Å². The number of unbranched alkanes of at least 4 members (excludes halogenated alkanes) is 1. The number of ketones is 1. The molecule has 112 valence electrons. The second kappa shape index (κ2) is 8.88. The molecule has 0 aliphatic heterocycles. The van der Waals surface area contributed by atoms with Gasteiger partial charge in [0.25, 0.3) is 0 Å². The van der Waals surface area contributed by atoms with Crippen LogP contribution in [-0.2, 0) is 6.42 Å². The molecule has 1 aromatic carbocycles. The van der Waals surface area contributed by atoms with E-state index in [0.717, 1.165) is 31.4 Å². The first kappa shape index (κ1) is 16.9. The molecule has 0 fully saturated rings. The van der Waals surface area contributed by atoms with Crippen molar-refractivity contribution in [2.45, 2.75) is 46.1 Å². The SMILES string of the molecule is CCCCN(CCO)C(C)C(=O)c1ccc(CC)cc1. The zero-order chi connectivity index (χ0) is 15.0. The van der Waals surface area contributed by atoms with E-state index in [4.69, 9.17) is 5.11 Å². The molecule has 3 heteroatoms. The second-order valence-electron chi connectivity index (χ2n) is 5.20. The van der Waals surface area contributed by atoms with E-state index in [1.54, 1.807) is 0 Å². The van der Waals surface area contributed by atoms with Gasteiger partial charge in [-0.25, -0.2) is 0 Å². The van der Waals surface area contributed by atoms with Crippen molar-refractivity contribution in [2.75, 3.05) is 19.7 Å². The summed E-state index contributed by atoms with van der Waals surface area (Å²) in [5.74, 6) is 0.136. The highest BCUT2D eigenvalue weighted by molar-refractivity contribution is 5.99. The van der Waals surface area contributed by atoms with E-state index in [1.807, 2.05) is 31.2 Å². The lowest BCUT2D eigenvalue weighted by Crippen LogP contribution is -2.41. The van der Waals surface area contributed by atoms with Gasteiger partial charge < -0.3 is 5.11 Å². The van der Waals surface area contributed by atoms with Crippen molar-refractivity contribution >= 4 is 5.78 Å². The highest BCUT2D eigenvalue weighted by Crippen LogP contribution is 2.12. The molecule has 1 N–H and O–H groups in total. The van der Waals surface area contributed by atoms with Crippen LogP contribution < -0.4 is 0 Å². The number of Topliss-reactive ketones (excluding diaryl/α,β-unsaturated/α-hetero) is 1. The summed E-state index contributed by atoms with van der Waals surface area (Å²) in [6, 6.07) is 7.68. The molecule has 1 atom stereocenters. The monoisotopic (exact) mass is 277 g/mol. The van der Waals surface area contributed by atoms with Crippen molar-refractivity contribution in [1.82, 2.24) is 4.90 Å². The van der Waals surface area contributed by atoms with E-state index < -0.39 is 0 Å². The smallest absolute Gasteiger partial charge is 0.179 e. The molecular formula is C17H27NO2. The molecule has 0 spiro atoms. The summed E-state index contributed by atoms with van der Waals surface area (Å²) in [4.78, 5) is 14.6. The molecule has 0 amide bonds. The van der Waals surface area contributed by atoms with Crippen molar-refractivity contribution in [2.24, 2.45) is 0 Å². The first-order valence-electron chi connectivity index (χ1n) is 7.62. The summed E-state index contributed by atoms with van der Waals surface area (Å²) in [5.41, 5.74) is 2.00. The standard InChI is InChI=1S/C17H27NO2/c1-4-6-11-18(12-13-19)14(3)17(20)16-9-7-15(5-2)8-10-16/h7-10,14,19H,4-6,11-13H2,1-3H3. The van der Waals surface area contributed by atoms with Gasteiger partial charge in [-0.3, -0.25) is 9.69 Å². The highest BCUT2D eigenvalue weighted by atomic mass is 16.3. The van der Waals surface area contributed by atoms with E-state index in [0.29, 0.717) is 6.54 Å². The van der Waals surface area contributed by atoms with E-state index in [-0.39, 0.29) is 18.4 Å². The maximum absolute atomic E-state index is 12.5. The number of aliphatic hydroxyl groups is 1. The van der Waals surface area contributed by atoms with Crippen molar-refractivity contribution in [3.63, 3.8) is 0 Å². The van der Waals surface area contributed by atoms with Crippen LogP contribution >= 0.6 is 0 Å². The molecule has 0 aromatic heterocycles. The minimum Gasteiger partial charge on any atom is -0.395 e. The Labute approximate surface area is 122 Å². The topological polar surface area (TPSA) is 40.5 Å². The lowest BCUT2D eigenvalue weighted by Gasteiger charge is -2.27. The Kier molecular flexibility index (Phi) is 7.48. The highest BCUT2D eigenvalue weighted by Gasteiger charge is 2.21. The summed E-state index contributed by atoms with van der Waals surface area (Å²) >= 11 is 0. The van der Waals surface area contributed by atoms with Gasteiger partial charge in [-0.1, -0.05) is 44.5 Å². The van der Waals surface area contributed by atoms with Crippen molar-refractivity contribution < 1.29 is 9.90 Å². The minimum absolute atomic E-state index is 0.0934. The Morgan fingerprint density at radius 3 is 2.35 bits per heavy atom. The van der Waals surface area contributed by atoms with E-state index in [2.05, 4.69) is 18.7 Å². The number of hydrogen-bond acceptors (Lipinski definition) is 3. The Morgan fingerprint density at radius 1 is 1.20 bits per heavy atom. The van der Waals surface area contributed by atoms with Gasteiger partial charge in [0.1, 0.15) is 0 Å². The first-order valence-corrected chi connectivity index (χ1v) is 7.62. The van der Waals surface area contributed by atoms with E-state index in [1.165, 1.54) is 5.56 Å². The van der Waals surface area contributed by atoms with Crippen LogP contribution in [0, 0.1) is 0 Å². The number of nitrogens with zero attached hydrogens (tertiary/aromatic N) is 1. The second-order valence-corrected chi connectivity index (χ2v) is 5.20. The molecule has 0 aliphatic rings. The Hall–Kier alpha value is -1.19. The molecule has 1 rings (SSSR count). The van der Waals surface area contributed by atoms with Gasteiger partial charge in [0.15, 0.2) is 5.78 Å². The van der Waals surface area contributed by atoms with Gasteiger partial charge >= 0.3 is 0 Å². The molecule has 0 saturated heterocycles. The molecule has 3 nitrogen and oxygen atoms in total. The molecule has 0 aliphatic carbocycles. The Bertz CT molecular complexity index is 400. The van der Waals surface area contributed by atoms with Gasteiger partial charge in [-0.15, -0.1) is 0 Å². The Balaban J connectivity index is 2.75. The summed E-state index contributed by atoms with van der Waals surface area (Å²) < 4.78 is 0. The number of aryl methyl sites for hydroxylation is 1. The third-order valence-corrected chi connectivity index (χ3v) is 3.76. The number of aliphatic hydroxyl groups excluding tert-OH is 1. The lowest BCUT2D eigenvalue weighted by atomic mass is 10.0. The van der Waals surface area contributed by atoms with Crippen molar-refractivity contribution in [3.05, 3.63) is 35.4 Å².